The topological polar surface area (TPSA) is 54.5 Å². The Balaban J connectivity index is 2.70. The van der Waals surface area contributed by atoms with Gasteiger partial charge < -0.3 is 4.90 Å². The molecule has 15 heavy (non-hydrogen) atoms. The summed E-state index contributed by atoms with van der Waals surface area (Å²) in [6.07, 6.45) is 1.55. The second-order valence-electron chi connectivity index (χ2n) is 4.22. The third-order valence-corrected chi connectivity index (χ3v) is 5.37. The van der Waals surface area contributed by atoms with Crippen molar-refractivity contribution in [2.75, 3.05) is 18.3 Å². The van der Waals surface area contributed by atoms with Crippen LogP contribution < -0.4 is 0 Å². The lowest BCUT2D eigenvalue weighted by Gasteiger charge is -2.16. The van der Waals surface area contributed by atoms with E-state index in [1.54, 1.807) is 0 Å². The van der Waals surface area contributed by atoms with E-state index in [1.165, 1.54) is 18.7 Å². The minimum absolute atomic E-state index is 0.152. The molecule has 0 radical (unpaired) electrons. The van der Waals surface area contributed by atoms with Gasteiger partial charge in [-0.25, -0.2) is 8.42 Å². The van der Waals surface area contributed by atoms with Crippen LogP contribution in [0.4, 0.5) is 0 Å². The van der Waals surface area contributed by atoms with Crippen molar-refractivity contribution in [2.45, 2.75) is 31.4 Å². The number of hydrogen-bond acceptors (Lipinski definition) is 3. The van der Waals surface area contributed by atoms with E-state index in [2.05, 4.69) is 0 Å². The number of nitrogens with zero attached hydrogens (tertiary/aromatic N) is 1. The fourth-order valence-corrected chi connectivity index (χ4v) is 3.07. The van der Waals surface area contributed by atoms with Crippen LogP contribution in [0.2, 0.25) is 0 Å². The number of sulfone groups is 1. The van der Waals surface area contributed by atoms with Crippen LogP contribution >= 0.6 is 11.6 Å². The molecule has 0 saturated carbocycles. The Hall–Kier alpha value is -0.290. The number of hydrogen-bond donors (Lipinski definition) is 0. The Bertz CT molecular complexity index is 350. The van der Waals surface area contributed by atoms with Crippen molar-refractivity contribution in [2.24, 2.45) is 0 Å². The summed E-state index contributed by atoms with van der Waals surface area (Å²) >= 11 is 5.51. The van der Waals surface area contributed by atoms with E-state index in [-0.39, 0.29) is 11.8 Å². The van der Waals surface area contributed by atoms with Gasteiger partial charge >= 0.3 is 0 Å². The molecule has 4 nitrogen and oxygen atoms in total. The van der Waals surface area contributed by atoms with Crippen LogP contribution in [-0.4, -0.2) is 42.3 Å². The lowest BCUT2D eigenvalue weighted by Crippen LogP contribution is -2.37. The van der Waals surface area contributed by atoms with Gasteiger partial charge in [-0.2, -0.15) is 0 Å². The molecule has 1 aliphatic rings. The van der Waals surface area contributed by atoms with Crippen molar-refractivity contribution in [3.8, 4) is 0 Å². The van der Waals surface area contributed by atoms with E-state index in [9.17, 15) is 13.2 Å². The first kappa shape index (κ1) is 12.8. The summed E-state index contributed by atoms with van der Waals surface area (Å²) in [4.78, 5) is 13.2. The second kappa shape index (κ2) is 4.29. The number of carbonyl (C=O) groups is 1. The van der Waals surface area contributed by atoms with Crippen molar-refractivity contribution < 1.29 is 13.2 Å². The Morgan fingerprint density at radius 2 is 2.00 bits per heavy atom. The molecular formula is C9H16ClNO3S. The average molecular weight is 254 g/mol. The molecule has 1 aliphatic heterocycles. The zero-order valence-corrected chi connectivity index (χ0v) is 10.6. The van der Waals surface area contributed by atoms with Crippen molar-refractivity contribution in [3.05, 3.63) is 0 Å². The normalized spacial score (nSPS) is 23.4. The first-order valence-electron chi connectivity index (χ1n) is 4.90. The van der Waals surface area contributed by atoms with E-state index < -0.39 is 14.6 Å². The summed E-state index contributed by atoms with van der Waals surface area (Å²) in [7, 11) is -3.32. The first-order valence-corrected chi connectivity index (χ1v) is 7.09. The van der Waals surface area contributed by atoms with E-state index in [4.69, 9.17) is 11.6 Å². The zero-order chi connectivity index (χ0) is 11.7. The molecule has 1 heterocycles. The molecule has 0 unspecified atom stereocenters. The van der Waals surface area contributed by atoms with Gasteiger partial charge in [0.1, 0.15) is 10.6 Å². The van der Waals surface area contributed by atoms with Crippen molar-refractivity contribution in [1.29, 1.82) is 0 Å². The van der Waals surface area contributed by atoms with Gasteiger partial charge in [-0.3, -0.25) is 4.79 Å². The fraction of sp³-hybridized carbons (Fsp3) is 0.889. The highest BCUT2D eigenvalue weighted by Gasteiger charge is 2.51. The van der Waals surface area contributed by atoms with Crippen LogP contribution in [0.1, 0.15) is 26.7 Å². The standard InChI is InChI=1S/C9H16ClNO3S/c1-9(2)8(12)11(6-4-3-5-10)7-15(9,13)14/h3-7H2,1-2H3. The Morgan fingerprint density at radius 3 is 2.40 bits per heavy atom. The lowest BCUT2D eigenvalue weighted by molar-refractivity contribution is -0.130. The van der Waals surface area contributed by atoms with Gasteiger partial charge in [-0.15, -0.1) is 11.6 Å². The predicted octanol–water partition coefficient (Wildman–Crippen LogP) is 0.999. The number of amides is 1. The van der Waals surface area contributed by atoms with Crippen molar-refractivity contribution in [3.63, 3.8) is 0 Å². The maximum Gasteiger partial charge on any atom is 0.244 e. The van der Waals surface area contributed by atoms with Gasteiger partial charge in [-0.1, -0.05) is 0 Å². The van der Waals surface area contributed by atoms with Crippen LogP contribution in [0, 0.1) is 0 Å². The van der Waals surface area contributed by atoms with Gasteiger partial charge in [0.15, 0.2) is 9.84 Å². The maximum absolute atomic E-state index is 11.8. The molecule has 0 aliphatic carbocycles. The number of halogens is 1. The van der Waals surface area contributed by atoms with Crippen LogP contribution in [0.5, 0.6) is 0 Å². The molecule has 0 aromatic carbocycles. The van der Waals surface area contributed by atoms with Crippen LogP contribution in [0.15, 0.2) is 0 Å². The van der Waals surface area contributed by atoms with E-state index in [0.29, 0.717) is 12.4 Å². The first-order chi connectivity index (χ1) is 6.83. The summed E-state index contributed by atoms with van der Waals surface area (Å²) in [5.74, 6) is 0.0938. The highest BCUT2D eigenvalue weighted by Crippen LogP contribution is 2.28. The molecule has 0 aromatic rings. The second-order valence-corrected chi connectivity index (χ2v) is 7.11. The summed E-state index contributed by atoms with van der Waals surface area (Å²) in [5, 5.41) is 0. The third-order valence-electron chi connectivity index (χ3n) is 2.72. The summed E-state index contributed by atoms with van der Waals surface area (Å²) in [6.45, 7) is 3.41. The Kier molecular flexibility index (Phi) is 3.66. The lowest BCUT2D eigenvalue weighted by atomic mass is 10.2. The van der Waals surface area contributed by atoms with Gasteiger partial charge in [0, 0.05) is 12.4 Å². The minimum Gasteiger partial charge on any atom is -0.327 e. The van der Waals surface area contributed by atoms with E-state index in [1.807, 2.05) is 0 Å². The van der Waals surface area contributed by atoms with Crippen molar-refractivity contribution >= 4 is 27.3 Å². The summed E-state index contributed by atoms with van der Waals surface area (Å²) < 4.78 is 22.0. The van der Waals surface area contributed by atoms with Gasteiger partial charge in [-0.05, 0) is 26.7 Å². The smallest absolute Gasteiger partial charge is 0.244 e. The maximum atomic E-state index is 11.8. The predicted molar refractivity (Wildman–Crippen MR) is 59.5 cm³/mol. The molecule has 0 bridgehead atoms. The van der Waals surface area contributed by atoms with Gasteiger partial charge in [0.2, 0.25) is 5.91 Å². The van der Waals surface area contributed by atoms with Crippen LogP contribution in [-0.2, 0) is 14.6 Å². The highest BCUT2D eigenvalue weighted by atomic mass is 35.5. The highest BCUT2D eigenvalue weighted by molar-refractivity contribution is 7.94. The molecule has 0 atom stereocenters. The molecule has 88 valence electrons. The molecule has 0 spiro atoms. The van der Waals surface area contributed by atoms with E-state index in [0.717, 1.165) is 12.8 Å². The van der Waals surface area contributed by atoms with Gasteiger partial charge in [0.05, 0.1) is 0 Å². The Morgan fingerprint density at radius 1 is 1.40 bits per heavy atom. The fourth-order valence-electron chi connectivity index (χ4n) is 1.50. The number of alkyl halides is 1. The molecule has 1 rings (SSSR count). The molecule has 6 heteroatoms. The monoisotopic (exact) mass is 253 g/mol. The molecular weight excluding hydrogens is 238 g/mol. The molecule has 1 fully saturated rings. The van der Waals surface area contributed by atoms with Gasteiger partial charge in [0.25, 0.3) is 0 Å². The van der Waals surface area contributed by atoms with Crippen molar-refractivity contribution in [1.82, 2.24) is 4.90 Å². The minimum atomic E-state index is -3.32. The molecule has 1 saturated heterocycles. The number of carbonyl (C=O) groups excluding carboxylic acids is 1. The molecule has 0 aromatic heterocycles. The summed E-state index contributed by atoms with van der Waals surface area (Å²) in [5.41, 5.74) is 0. The molecule has 1 amide bonds. The third kappa shape index (κ3) is 2.28. The number of unbranched alkanes of at least 4 members (excludes halogenated alkanes) is 1. The SMILES string of the molecule is CC1(C)C(=O)N(CCCCCl)CS1(=O)=O. The molecule has 0 N–H and O–H groups in total. The number of rotatable bonds is 4. The average Bonchev–Trinajstić information content (AvgIpc) is 2.28. The van der Waals surface area contributed by atoms with E-state index >= 15 is 0 Å². The largest absolute Gasteiger partial charge is 0.327 e. The quantitative estimate of drug-likeness (QED) is 0.555. The Labute approximate surface area is 95.5 Å². The zero-order valence-electron chi connectivity index (χ0n) is 8.99. The van der Waals surface area contributed by atoms with Crippen LogP contribution in [0.25, 0.3) is 0 Å². The summed E-state index contributed by atoms with van der Waals surface area (Å²) in [6, 6.07) is 0. The van der Waals surface area contributed by atoms with Crippen LogP contribution in [0.3, 0.4) is 0 Å².